The third kappa shape index (κ3) is 6.47. The predicted octanol–water partition coefficient (Wildman–Crippen LogP) is 12.0. The zero-order valence-corrected chi connectivity index (χ0v) is 29.8. The number of nitrogens with one attached hydrogen (secondary N) is 1. The molecule has 1 heterocycles. The maximum absolute atomic E-state index is 5.28. The van der Waals surface area contributed by atoms with Crippen molar-refractivity contribution in [3.8, 4) is 11.1 Å². The Hall–Kier alpha value is -4.54. The van der Waals surface area contributed by atoms with Crippen LogP contribution in [0.25, 0.3) is 11.1 Å². The number of hydrogen-bond acceptors (Lipinski definition) is 4. The van der Waals surface area contributed by atoms with Gasteiger partial charge in [0.15, 0.2) is 0 Å². The van der Waals surface area contributed by atoms with Crippen LogP contribution in [0.2, 0.25) is 0 Å². The van der Waals surface area contributed by atoms with Gasteiger partial charge in [-0.25, -0.2) is 0 Å². The highest BCUT2D eigenvalue weighted by Gasteiger charge is 2.41. The van der Waals surface area contributed by atoms with E-state index < -0.39 is 0 Å². The molecule has 0 aromatic heterocycles. The third-order valence-corrected chi connectivity index (χ3v) is 10.0. The van der Waals surface area contributed by atoms with Gasteiger partial charge < -0.3 is 10.2 Å². The highest BCUT2D eigenvalue weighted by molar-refractivity contribution is 7.80. The molecule has 244 valence electrons. The minimum Gasteiger partial charge on any atom is -0.353 e. The first kappa shape index (κ1) is 33.4. The number of hydrogen-bond donors (Lipinski definition) is 2. The molecule has 3 nitrogen and oxygen atoms in total. The number of anilines is 3. The van der Waals surface area contributed by atoms with E-state index >= 15 is 0 Å². The van der Waals surface area contributed by atoms with E-state index in [1.807, 2.05) is 6.08 Å². The van der Waals surface area contributed by atoms with E-state index in [0.717, 1.165) is 41.2 Å². The zero-order valence-electron chi connectivity index (χ0n) is 28.9. The zero-order chi connectivity index (χ0) is 33.9. The Labute approximate surface area is 292 Å². The second kappa shape index (κ2) is 14.3. The Bertz CT molecular complexity index is 1900. The van der Waals surface area contributed by atoms with E-state index in [0.29, 0.717) is 5.92 Å². The Kier molecular flexibility index (Phi) is 9.93. The number of fused-ring (bicyclic) bond motifs is 3. The fraction of sp³-hybridized carbons (Fsp3) is 0.250. The Morgan fingerprint density at radius 2 is 1.65 bits per heavy atom. The topological polar surface area (TPSA) is 27.6 Å². The van der Waals surface area contributed by atoms with Gasteiger partial charge in [-0.15, -0.1) is 0 Å². The second-order valence-corrected chi connectivity index (χ2v) is 14.1. The standard InChI is InChI=1S/C44H47N3S/c1-8-17-29(5)24-37-42(27-40-43(37)34-21-14-13-20-33(34)38(9-2)45-40)47(7)41-23-16-15-22-39(41)46-44-35(28(3)4)25-32(26-36(44)30(6)48)31-18-11-10-12-19-31/h8-23,25-26,28,30,40,43,46,48H,2,5,24,27H2,1,3-4,6-7H3/b17-8-. The van der Waals surface area contributed by atoms with Gasteiger partial charge in [-0.1, -0.05) is 111 Å². The summed E-state index contributed by atoms with van der Waals surface area (Å²) in [5.74, 6) is 0.507. The van der Waals surface area contributed by atoms with Crippen molar-refractivity contribution in [2.75, 3.05) is 17.3 Å². The molecule has 48 heavy (non-hydrogen) atoms. The van der Waals surface area contributed by atoms with Crippen LogP contribution in [0.1, 0.15) is 79.9 Å². The van der Waals surface area contributed by atoms with Gasteiger partial charge in [0.25, 0.3) is 0 Å². The van der Waals surface area contributed by atoms with Crippen molar-refractivity contribution in [2.45, 2.75) is 63.7 Å². The molecular formula is C44H47N3S. The maximum atomic E-state index is 5.28. The van der Waals surface area contributed by atoms with E-state index in [2.05, 4.69) is 161 Å². The van der Waals surface area contributed by atoms with Gasteiger partial charge in [-0.2, -0.15) is 12.6 Å². The number of aliphatic imine (C=N–C) groups is 1. The lowest BCUT2D eigenvalue weighted by Gasteiger charge is -2.29. The van der Waals surface area contributed by atoms with E-state index in [9.17, 15) is 0 Å². The lowest BCUT2D eigenvalue weighted by molar-refractivity contribution is 0.616. The molecule has 3 atom stereocenters. The molecule has 0 bridgehead atoms. The molecule has 0 fully saturated rings. The summed E-state index contributed by atoms with van der Waals surface area (Å²) in [5.41, 5.74) is 15.5. The van der Waals surface area contributed by atoms with Crippen LogP contribution in [0.15, 0.2) is 144 Å². The lowest BCUT2D eigenvalue weighted by Crippen LogP contribution is -2.23. The highest BCUT2D eigenvalue weighted by atomic mass is 32.1. The summed E-state index contributed by atoms with van der Waals surface area (Å²) in [6.45, 7) is 17.3. The van der Waals surface area contributed by atoms with Crippen LogP contribution in [0.4, 0.5) is 17.1 Å². The minimum absolute atomic E-state index is 0.0421. The fourth-order valence-corrected chi connectivity index (χ4v) is 7.66. The van der Waals surface area contributed by atoms with Crippen molar-refractivity contribution in [2.24, 2.45) is 4.99 Å². The molecule has 4 aromatic carbocycles. The van der Waals surface area contributed by atoms with Crippen molar-refractivity contribution in [3.05, 3.63) is 161 Å². The normalized spacial score (nSPS) is 17.6. The van der Waals surface area contributed by atoms with Gasteiger partial charge in [0.2, 0.25) is 0 Å². The second-order valence-electron chi connectivity index (χ2n) is 13.3. The van der Waals surface area contributed by atoms with Crippen LogP contribution in [0, 0.1) is 0 Å². The maximum Gasteiger partial charge on any atom is 0.0668 e. The number of para-hydroxylation sites is 2. The lowest BCUT2D eigenvalue weighted by atomic mass is 9.80. The van der Waals surface area contributed by atoms with E-state index in [1.165, 1.54) is 44.7 Å². The first-order valence-corrected chi connectivity index (χ1v) is 17.6. The summed E-state index contributed by atoms with van der Waals surface area (Å²) >= 11 is 4.99. The van der Waals surface area contributed by atoms with Gasteiger partial charge in [0.1, 0.15) is 0 Å². The van der Waals surface area contributed by atoms with Gasteiger partial charge in [-0.05, 0) is 89.9 Å². The van der Waals surface area contributed by atoms with Crippen molar-refractivity contribution in [3.63, 3.8) is 0 Å². The quantitative estimate of drug-likeness (QED) is 0.125. The molecular weight excluding hydrogens is 603 g/mol. The Morgan fingerprint density at radius 3 is 2.35 bits per heavy atom. The fourth-order valence-electron chi connectivity index (χ4n) is 7.46. The minimum atomic E-state index is 0.0421. The summed E-state index contributed by atoms with van der Waals surface area (Å²) in [6.07, 6.45) is 7.77. The molecule has 1 N–H and O–H groups in total. The molecule has 1 aliphatic heterocycles. The first-order chi connectivity index (χ1) is 23.2. The Morgan fingerprint density at radius 1 is 0.958 bits per heavy atom. The number of thiol groups is 1. The molecule has 0 spiro atoms. The first-order valence-electron chi connectivity index (χ1n) is 17.0. The largest absolute Gasteiger partial charge is 0.353 e. The third-order valence-electron chi connectivity index (χ3n) is 9.73. The highest BCUT2D eigenvalue weighted by Crippen LogP contribution is 2.50. The molecule has 0 radical (unpaired) electrons. The number of benzene rings is 4. The smallest absolute Gasteiger partial charge is 0.0668 e. The number of nitrogens with zero attached hydrogens (tertiary/aromatic N) is 2. The van der Waals surface area contributed by atoms with Crippen LogP contribution in [-0.4, -0.2) is 18.8 Å². The molecule has 0 saturated heterocycles. The van der Waals surface area contributed by atoms with Crippen molar-refractivity contribution >= 4 is 35.4 Å². The number of rotatable bonds is 11. The molecule has 0 amide bonds. The number of allylic oxidation sites excluding steroid dienone is 4. The van der Waals surface area contributed by atoms with Crippen molar-refractivity contribution in [1.82, 2.24) is 0 Å². The summed E-state index contributed by atoms with van der Waals surface area (Å²) in [4.78, 5) is 7.67. The van der Waals surface area contributed by atoms with Gasteiger partial charge in [0.05, 0.1) is 23.1 Å². The molecule has 4 heteroatoms. The predicted molar refractivity (Wildman–Crippen MR) is 211 cm³/mol. The molecule has 1 aliphatic carbocycles. The summed E-state index contributed by atoms with van der Waals surface area (Å²) in [5, 5.41) is 3.99. The SMILES string of the molecule is C=CC1=NC2CC(N(C)c3ccccc3Nc3c(C(C)C)cc(-c4ccccc4)cc3C(C)S)=C(CC(=C)/C=C\C)C2c2ccccc21. The average Bonchev–Trinajstić information content (AvgIpc) is 3.45. The summed E-state index contributed by atoms with van der Waals surface area (Å²) in [7, 11) is 2.21. The molecule has 3 unspecified atom stereocenters. The average molecular weight is 650 g/mol. The summed E-state index contributed by atoms with van der Waals surface area (Å²) < 4.78 is 0. The summed E-state index contributed by atoms with van der Waals surface area (Å²) in [6, 6.07) is 32.8. The van der Waals surface area contributed by atoms with Crippen molar-refractivity contribution < 1.29 is 0 Å². The molecule has 6 rings (SSSR count). The van der Waals surface area contributed by atoms with Crippen LogP contribution < -0.4 is 10.2 Å². The van der Waals surface area contributed by atoms with Crippen LogP contribution >= 0.6 is 12.6 Å². The van der Waals surface area contributed by atoms with E-state index in [-0.39, 0.29) is 17.2 Å². The van der Waals surface area contributed by atoms with Crippen molar-refractivity contribution in [1.29, 1.82) is 0 Å². The molecule has 2 aliphatic rings. The molecule has 0 saturated carbocycles. The Balaban J connectivity index is 1.46. The van der Waals surface area contributed by atoms with Crippen LogP contribution in [0.3, 0.4) is 0 Å². The molecule has 4 aromatic rings. The van der Waals surface area contributed by atoms with Crippen LogP contribution in [-0.2, 0) is 0 Å². The van der Waals surface area contributed by atoms with Crippen LogP contribution in [0.5, 0.6) is 0 Å². The van der Waals surface area contributed by atoms with Gasteiger partial charge in [-0.3, -0.25) is 4.99 Å². The van der Waals surface area contributed by atoms with E-state index in [1.54, 1.807) is 0 Å². The van der Waals surface area contributed by atoms with E-state index in [4.69, 9.17) is 17.6 Å². The van der Waals surface area contributed by atoms with Gasteiger partial charge in [0, 0.05) is 41.6 Å². The monoisotopic (exact) mass is 649 g/mol. The van der Waals surface area contributed by atoms with Gasteiger partial charge >= 0.3 is 0 Å².